The van der Waals surface area contributed by atoms with Gasteiger partial charge in [0.05, 0.1) is 12.2 Å². The topological polar surface area (TPSA) is 102 Å². The maximum atomic E-state index is 14.8. The van der Waals surface area contributed by atoms with Crippen LogP contribution in [0.3, 0.4) is 0 Å². The Morgan fingerprint density at radius 1 is 1.13 bits per heavy atom. The lowest BCUT2D eigenvalue weighted by Gasteiger charge is -2.31. The van der Waals surface area contributed by atoms with E-state index in [1.54, 1.807) is 12.2 Å². The zero-order valence-electron chi connectivity index (χ0n) is 21.1. The van der Waals surface area contributed by atoms with E-state index in [1.165, 1.54) is 24.3 Å². The summed E-state index contributed by atoms with van der Waals surface area (Å²) in [4.78, 5) is 35.9. The number of likely N-dealkylation sites (N-methyl/N-ethyl adjacent to an activating group) is 1. The number of nitrogens with zero attached hydrogens (tertiary/aromatic N) is 4. The normalized spacial score (nSPS) is 13.3. The molecule has 0 fully saturated rings. The molecule has 4 rings (SSSR count). The third-order valence-corrected chi connectivity index (χ3v) is 5.82. The van der Waals surface area contributed by atoms with Crippen LogP contribution in [0.2, 0.25) is 0 Å². The summed E-state index contributed by atoms with van der Waals surface area (Å²) in [5.41, 5.74) is 0.775. The van der Waals surface area contributed by atoms with Gasteiger partial charge in [0.2, 0.25) is 5.95 Å². The number of hydrogen-bond acceptors (Lipinski definition) is 6. The van der Waals surface area contributed by atoms with Crippen molar-refractivity contribution in [2.45, 2.75) is 19.6 Å². The number of fused-ring (bicyclic) bond motifs is 1. The smallest absolute Gasteiger partial charge is 0.353 e. The van der Waals surface area contributed by atoms with E-state index in [0.717, 1.165) is 17.0 Å². The first-order chi connectivity index (χ1) is 18.4. The van der Waals surface area contributed by atoms with Crippen LogP contribution in [0.5, 0.6) is 0 Å². The number of benzene rings is 2. The van der Waals surface area contributed by atoms with Gasteiger partial charge in [-0.2, -0.15) is 18.2 Å². The molecule has 0 unspecified atom stereocenters. The highest BCUT2D eigenvalue weighted by molar-refractivity contribution is 6.02. The zero-order chi connectivity index (χ0) is 28.5. The van der Waals surface area contributed by atoms with E-state index >= 15 is 0 Å². The van der Waals surface area contributed by atoms with E-state index in [1.807, 2.05) is 19.0 Å². The minimum atomic E-state index is -5.06. The predicted molar refractivity (Wildman–Crippen MR) is 135 cm³/mol. The van der Waals surface area contributed by atoms with E-state index in [0.29, 0.717) is 29.8 Å². The number of nitrogens with one attached hydrogen (secondary N) is 3. The van der Waals surface area contributed by atoms with Crippen molar-refractivity contribution in [2.24, 2.45) is 0 Å². The third-order valence-electron chi connectivity index (χ3n) is 5.82. The molecule has 2 aromatic carbocycles. The molecule has 1 aliphatic heterocycles. The lowest BCUT2D eigenvalue weighted by Crippen LogP contribution is -2.43. The quantitative estimate of drug-likeness (QED) is 0.374. The van der Waals surface area contributed by atoms with E-state index in [-0.39, 0.29) is 29.7 Å². The molecule has 0 aliphatic carbocycles. The highest BCUT2D eigenvalue weighted by atomic mass is 19.4. The fraction of sp³-hybridized carbons (Fsp3) is 0.280. The lowest BCUT2D eigenvalue weighted by atomic mass is 9.99. The number of halogens is 5. The summed E-state index contributed by atoms with van der Waals surface area (Å²) >= 11 is 0. The minimum absolute atomic E-state index is 0.0612. The molecular weight excluding hydrogens is 525 g/mol. The maximum Gasteiger partial charge on any atom is 0.471 e. The molecule has 0 bridgehead atoms. The first kappa shape index (κ1) is 27.7. The Bertz CT molecular complexity index is 1410. The second-order valence-corrected chi connectivity index (χ2v) is 8.97. The van der Waals surface area contributed by atoms with Gasteiger partial charge >= 0.3 is 18.1 Å². The monoisotopic (exact) mass is 549 g/mol. The van der Waals surface area contributed by atoms with Crippen LogP contribution in [0.15, 0.2) is 36.4 Å². The number of aryl methyl sites for hydroxylation is 1. The number of aromatic nitrogens is 2. The zero-order valence-corrected chi connectivity index (χ0v) is 21.1. The molecule has 0 saturated carbocycles. The van der Waals surface area contributed by atoms with Gasteiger partial charge in [0.1, 0.15) is 17.3 Å². The number of carbonyl (C=O) groups excluding carboxylic acids is 2. The van der Waals surface area contributed by atoms with Crippen molar-refractivity contribution >= 4 is 35.1 Å². The van der Waals surface area contributed by atoms with Crippen LogP contribution >= 0.6 is 0 Å². The van der Waals surface area contributed by atoms with E-state index in [4.69, 9.17) is 0 Å². The van der Waals surface area contributed by atoms with Gasteiger partial charge in [-0.3, -0.25) is 4.79 Å². The Balaban J connectivity index is 1.85. The van der Waals surface area contributed by atoms with Crippen LogP contribution in [-0.2, 0) is 11.3 Å². The predicted octanol–water partition coefficient (Wildman–Crippen LogP) is 4.57. The number of alkyl halides is 3. The fourth-order valence-electron chi connectivity index (χ4n) is 3.97. The fourth-order valence-corrected chi connectivity index (χ4v) is 3.97. The minimum Gasteiger partial charge on any atom is -0.353 e. The molecule has 2 heterocycles. The van der Waals surface area contributed by atoms with Crippen molar-refractivity contribution in [3.05, 3.63) is 59.2 Å². The first-order valence-electron chi connectivity index (χ1n) is 11.7. The number of para-hydroxylation sites is 1. The second kappa shape index (κ2) is 10.8. The molecular formula is C25H24F5N7O2. The van der Waals surface area contributed by atoms with Crippen molar-refractivity contribution in [3.8, 4) is 11.3 Å². The van der Waals surface area contributed by atoms with Crippen LogP contribution in [-0.4, -0.2) is 60.2 Å². The van der Waals surface area contributed by atoms with E-state index in [2.05, 4.69) is 20.6 Å². The third kappa shape index (κ3) is 5.90. The molecule has 39 heavy (non-hydrogen) atoms. The molecule has 1 aliphatic rings. The van der Waals surface area contributed by atoms with E-state index < -0.39 is 35.4 Å². The van der Waals surface area contributed by atoms with Gasteiger partial charge in [-0.05, 0) is 50.8 Å². The summed E-state index contributed by atoms with van der Waals surface area (Å²) < 4.78 is 67.6. The molecule has 3 amide bonds. The first-order valence-corrected chi connectivity index (χ1v) is 11.7. The number of carbonyl (C=O) groups is 2. The standard InChI is InChI=1S/C25H24F5N7O2/c1-13-11-14(33-22(38)25(28,29)30)7-8-15(13)19-16-12-32-24(39)37(20-17(26)5-4-6-18(20)27)21(16)35-23(34-19)31-9-10-36(2)3/h4-8,11H,9-10,12H2,1-3H3,(H,32,39)(H,33,38)(H,31,34,35). The van der Waals surface area contributed by atoms with Crippen LogP contribution in [0.25, 0.3) is 11.3 Å². The SMILES string of the molecule is Cc1cc(NC(=O)C(F)(F)F)ccc1-c1nc(NCCN(C)C)nc2c1CNC(=O)N2c1c(F)cccc1F. The molecule has 3 N–H and O–H groups in total. The lowest BCUT2D eigenvalue weighted by molar-refractivity contribution is -0.167. The molecule has 0 radical (unpaired) electrons. The molecule has 206 valence electrons. The van der Waals surface area contributed by atoms with Crippen molar-refractivity contribution < 1.29 is 31.5 Å². The molecule has 14 heteroatoms. The second-order valence-electron chi connectivity index (χ2n) is 8.97. The Morgan fingerprint density at radius 3 is 2.44 bits per heavy atom. The number of hydrogen-bond donors (Lipinski definition) is 3. The van der Waals surface area contributed by atoms with Crippen molar-refractivity contribution in [2.75, 3.05) is 42.7 Å². The molecule has 1 aromatic heterocycles. The summed E-state index contributed by atoms with van der Waals surface area (Å²) in [7, 11) is 3.71. The van der Waals surface area contributed by atoms with Gasteiger partial charge in [0.15, 0.2) is 5.82 Å². The van der Waals surface area contributed by atoms with Crippen LogP contribution < -0.4 is 20.9 Å². The van der Waals surface area contributed by atoms with Gasteiger partial charge in [0.25, 0.3) is 0 Å². The Hall–Kier alpha value is -4.33. The van der Waals surface area contributed by atoms with Crippen molar-refractivity contribution in [1.82, 2.24) is 20.2 Å². The van der Waals surface area contributed by atoms with Crippen LogP contribution in [0.1, 0.15) is 11.1 Å². The largest absolute Gasteiger partial charge is 0.471 e. The van der Waals surface area contributed by atoms with Gasteiger partial charge in [-0.25, -0.2) is 23.5 Å². The molecule has 0 atom stereocenters. The Morgan fingerprint density at radius 2 is 1.82 bits per heavy atom. The number of urea groups is 1. The number of rotatable bonds is 7. The average molecular weight is 550 g/mol. The summed E-state index contributed by atoms with van der Waals surface area (Å²) in [5, 5.41) is 7.40. The van der Waals surface area contributed by atoms with Crippen LogP contribution in [0, 0.1) is 18.6 Å². The van der Waals surface area contributed by atoms with Crippen LogP contribution in [0.4, 0.5) is 49.9 Å². The van der Waals surface area contributed by atoms with Crippen molar-refractivity contribution in [3.63, 3.8) is 0 Å². The van der Waals surface area contributed by atoms with Gasteiger partial charge in [0, 0.05) is 29.9 Å². The number of amides is 3. The highest BCUT2D eigenvalue weighted by Crippen LogP contribution is 2.39. The summed E-state index contributed by atoms with van der Waals surface area (Å²) in [6, 6.07) is 6.44. The molecule has 0 saturated heterocycles. The Kier molecular flexibility index (Phi) is 7.67. The molecule has 0 spiro atoms. The summed E-state index contributed by atoms with van der Waals surface area (Å²) in [6.07, 6.45) is -5.06. The number of anilines is 4. The van der Waals surface area contributed by atoms with Crippen molar-refractivity contribution in [1.29, 1.82) is 0 Å². The van der Waals surface area contributed by atoms with E-state index in [9.17, 15) is 31.5 Å². The maximum absolute atomic E-state index is 14.8. The molecule has 9 nitrogen and oxygen atoms in total. The Labute approximate surface area is 220 Å². The summed E-state index contributed by atoms with van der Waals surface area (Å²) in [5.74, 6) is -4.08. The van der Waals surface area contributed by atoms with Gasteiger partial charge in [-0.1, -0.05) is 12.1 Å². The highest BCUT2D eigenvalue weighted by Gasteiger charge is 2.39. The summed E-state index contributed by atoms with van der Waals surface area (Å²) in [6.45, 7) is 2.50. The van der Waals surface area contributed by atoms with Gasteiger partial charge < -0.3 is 20.9 Å². The average Bonchev–Trinajstić information content (AvgIpc) is 2.84. The van der Waals surface area contributed by atoms with Gasteiger partial charge in [-0.15, -0.1) is 0 Å². The molecule has 3 aromatic rings.